The molecule has 4 rings (SSSR count). The van der Waals surface area contributed by atoms with E-state index in [9.17, 15) is 0 Å². The summed E-state index contributed by atoms with van der Waals surface area (Å²) in [5, 5.41) is 1.46. The summed E-state index contributed by atoms with van der Waals surface area (Å²) in [5.74, 6) is 1.74. The summed E-state index contributed by atoms with van der Waals surface area (Å²) in [4.78, 5) is 1.65. The zero-order valence-electron chi connectivity index (χ0n) is 8.66. The number of hydrogen-bond donors (Lipinski definition) is 0. The molecule has 2 aliphatic carbocycles. The Balaban J connectivity index is 2.12. The quantitative estimate of drug-likeness (QED) is 0.606. The van der Waals surface area contributed by atoms with Crippen molar-refractivity contribution in [3.8, 4) is 0 Å². The van der Waals surface area contributed by atoms with Gasteiger partial charge in [0.25, 0.3) is 0 Å². The number of benzene rings is 1. The van der Waals surface area contributed by atoms with Crippen LogP contribution in [0, 0.1) is 5.92 Å². The molecule has 0 N–H and O–H groups in total. The lowest BCUT2D eigenvalue weighted by molar-refractivity contribution is 0.945. The Morgan fingerprint density at radius 3 is 3.00 bits per heavy atom. The van der Waals surface area contributed by atoms with Gasteiger partial charge in [0.05, 0.1) is 0 Å². The number of thiophene rings is 1. The number of allylic oxidation sites excluding steroid dienone is 1. The molecule has 0 spiro atoms. The molecule has 0 saturated heterocycles. The van der Waals surface area contributed by atoms with E-state index >= 15 is 0 Å². The highest BCUT2D eigenvalue weighted by atomic mass is 32.1. The van der Waals surface area contributed by atoms with Gasteiger partial charge in [0.15, 0.2) is 0 Å². The third-order valence-electron chi connectivity index (χ3n) is 3.75. The maximum absolute atomic E-state index is 2.42. The van der Waals surface area contributed by atoms with Crippen molar-refractivity contribution in [2.45, 2.75) is 19.3 Å². The van der Waals surface area contributed by atoms with Crippen LogP contribution in [0.3, 0.4) is 0 Å². The molecular formula is C14H12S. The van der Waals surface area contributed by atoms with E-state index < -0.39 is 0 Å². The molecule has 0 bridgehead atoms. The van der Waals surface area contributed by atoms with Crippen molar-refractivity contribution in [3.63, 3.8) is 0 Å². The van der Waals surface area contributed by atoms with Crippen LogP contribution in [0.5, 0.6) is 0 Å². The van der Waals surface area contributed by atoms with Crippen molar-refractivity contribution in [2.24, 2.45) is 5.92 Å². The molecule has 1 aromatic heterocycles. The first-order chi connectivity index (χ1) is 7.34. The second-order valence-corrected chi connectivity index (χ2v) is 5.80. The molecule has 2 unspecified atom stereocenters. The summed E-state index contributed by atoms with van der Waals surface area (Å²) in [7, 11) is 0. The van der Waals surface area contributed by atoms with E-state index in [1.807, 2.05) is 11.3 Å². The predicted octanol–water partition coefficient (Wildman–Crippen LogP) is 4.42. The maximum atomic E-state index is 2.42. The number of hydrogen-bond acceptors (Lipinski definition) is 1. The average molecular weight is 212 g/mol. The van der Waals surface area contributed by atoms with Crippen molar-refractivity contribution in [1.29, 1.82) is 0 Å². The second-order valence-electron chi connectivity index (χ2n) is 4.71. The first-order valence-corrected chi connectivity index (χ1v) is 6.36. The molecule has 1 heteroatoms. The monoisotopic (exact) mass is 212 g/mol. The minimum Gasteiger partial charge on any atom is -0.139 e. The van der Waals surface area contributed by atoms with Gasteiger partial charge in [-0.15, -0.1) is 11.3 Å². The van der Waals surface area contributed by atoms with Gasteiger partial charge >= 0.3 is 0 Å². The first kappa shape index (κ1) is 8.12. The fourth-order valence-corrected chi connectivity index (χ4v) is 4.19. The normalized spacial score (nSPS) is 27.1. The molecular weight excluding hydrogens is 200 g/mol. The van der Waals surface area contributed by atoms with Gasteiger partial charge in [-0.3, -0.25) is 0 Å². The molecule has 2 aromatic rings. The molecule has 2 aliphatic rings. The summed E-state index contributed by atoms with van der Waals surface area (Å²) in [6.07, 6.45) is 3.81. The second kappa shape index (κ2) is 2.53. The SMILES string of the molecule is CC1=Cc2c(sc3ccccc23)C2CC12. The molecule has 15 heavy (non-hydrogen) atoms. The summed E-state index contributed by atoms with van der Waals surface area (Å²) in [5.41, 5.74) is 3.11. The van der Waals surface area contributed by atoms with E-state index in [0.29, 0.717) is 0 Å². The van der Waals surface area contributed by atoms with Crippen molar-refractivity contribution in [2.75, 3.05) is 0 Å². The Morgan fingerprint density at radius 2 is 2.07 bits per heavy atom. The van der Waals surface area contributed by atoms with Crippen LogP contribution < -0.4 is 0 Å². The standard InChI is InChI=1S/C14H12S/c1-8-6-11-9-4-2-3-5-13(9)15-14(11)12-7-10(8)12/h2-6,10,12H,7H2,1H3. The Bertz CT molecular complexity index is 588. The summed E-state index contributed by atoms with van der Waals surface area (Å²) >= 11 is 2.01. The lowest BCUT2D eigenvalue weighted by atomic mass is 9.98. The molecule has 0 amide bonds. The van der Waals surface area contributed by atoms with Gasteiger partial charge in [-0.25, -0.2) is 0 Å². The van der Waals surface area contributed by atoms with Crippen LogP contribution in [0.4, 0.5) is 0 Å². The van der Waals surface area contributed by atoms with Gasteiger partial charge < -0.3 is 0 Å². The molecule has 1 fully saturated rings. The van der Waals surface area contributed by atoms with Crippen molar-refractivity contribution in [3.05, 3.63) is 40.3 Å². The van der Waals surface area contributed by atoms with Crippen LogP contribution in [-0.2, 0) is 0 Å². The van der Waals surface area contributed by atoms with Crippen LogP contribution in [-0.4, -0.2) is 0 Å². The highest BCUT2D eigenvalue weighted by Crippen LogP contribution is 2.59. The number of fused-ring (bicyclic) bond motifs is 5. The summed E-state index contributed by atoms with van der Waals surface area (Å²) in [6, 6.07) is 8.80. The highest BCUT2D eigenvalue weighted by molar-refractivity contribution is 7.19. The van der Waals surface area contributed by atoms with Crippen LogP contribution in [0.15, 0.2) is 29.8 Å². The third-order valence-corrected chi connectivity index (χ3v) is 5.07. The third kappa shape index (κ3) is 0.967. The van der Waals surface area contributed by atoms with Gasteiger partial charge in [-0.1, -0.05) is 29.8 Å². The summed E-state index contributed by atoms with van der Waals surface area (Å²) < 4.78 is 1.46. The van der Waals surface area contributed by atoms with E-state index in [1.165, 1.54) is 22.1 Å². The largest absolute Gasteiger partial charge is 0.139 e. The molecule has 0 radical (unpaired) electrons. The fraction of sp³-hybridized carbons (Fsp3) is 0.286. The topological polar surface area (TPSA) is 0 Å². The Labute approximate surface area is 93.2 Å². The van der Waals surface area contributed by atoms with Gasteiger partial charge in [0.1, 0.15) is 0 Å². The zero-order chi connectivity index (χ0) is 9.99. The Kier molecular flexibility index (Phi) is 1.37. The molecule has 1 saturated carbocycles. The molecule has 74 valence electrons. The van der Waals surface area contributed by atoms with Crippen molar-refractivity contribution in [1.82, 2.24) is 0 Å². The van der Waals surface area contributed by atoms with Crippen LogP contribution in [0.1, 0.15) is 29.7 Å². The van der Waals surface area contributed by atoms with Crippen molar-refractivity contribution < 1.29 is 0 Å². The van der Waals surface area contributed by atoms with Crippen LogP contribution in [0.25, 0.3) is 16.2 Å². The molecule has 1 aromatic carbocycles. The van der Waals surface area contributed by atoms with E-state index in [4.69, 9.17) is 0 Å². The van der Waals surface area contributed by atoms with E-state index in [2.05, 4.69) is 37.3 Å². The van der Waals surface area contributed by atoms with Gasteiger partial charge in [-0.05, 0) is 36.3 Å². The smallest absolute Gasteiger partial charge is 0.0352 e. The lowest BCUT2D eigenvalue weighted by Crippen LogP contribution is -1.91. The van der Waals surface area contributed by atoms with Gasteiger partial charge in [0.2, 0.25) is 0 Å². The Hall–Kier alpha value is -1.08. The van der Waals surface area contributed by atoms with E-state index in [0.717, 1.165) is 11.8 Å². The predicted molar refractivity (Wildman–Crippen MR) is 66.3 cm³/mol. The van der Waals surface area contributed by atoms with Crippen LogP contribution in [0.2, 0.25) is 0 Å². The van der Waals surface area contributed by atoms with Gasteiger partial charge in [0, 0.05) is 15.5 Å². The highest BCUT2D eigenvalue weighted by Gasteiger charge is 2.44. The van der Waals surface area contributed by atoms with Crippen LogP contribution >= 0.6 is 11.3 Å². The molecule has 1 heterocycles. The average Bonchev–Trinajstić information content (AvgIpc) is 2.98. The minimum absolute atomic E-state index is 0.863. The van der Waals surface area contributed by atoms with Gasteiger partial charge in [-0.2, -0.15) is 0 Å². The fourth-order valence-electron chi connectivity index (χ4n) is 2.83. The minimum atomic E-state index is 0.863. The molecule has 2 atom stereocenters. The van der Waals surface area contributed by atoms with E-state index in [1.54, 1.807) is 10.5 Å². The number of rotatable bonds is 0. The first-order valence-electron chi connectivity index (χ1n) is 5.54. The van der Waals surface area contributed by atoms with E-state index in [-0.39, 0.29) is 0 Å². The maximum Gasteiger partial charge on any atom is 0.0352 e. The molecule has 0 nitrogen and oxygen atoms in total. The molecule has 0 aliphatic heterocycles. The van der Waals surface area contributed by atoms with Crippen molar-refractivity contribution >= 4 is 27.5 Å². The zero-order valence-corrected chi connectivity index (χ0v) is 9.47. The Morgan fingerprint density at radius 1 is 1.20 bits per heavy atom. The lowest BCUT2D eigenvalue weighted by Gasteiger charge is -2.08. The summed E-state index contributed by atoms with van der Waals surface area (Å²) in [6.45, 7) is 2.29.